The lowest BCUT2D eigenvalue weighted by Gasteiger charge is -2.15. The van der Waals surface area contributed by atoms with Crippen molar-refractivity contribution in [2.24, 2.45) is 5.73 Å². The average molecular weight is 251 g/mol. The number of carbonyl (C=O) groups is 1. The first-order valence-electron chi connectivity index (χ1n) is 5.96. The summed E-state index contributed by atoms with van der Waals surface area (Å²) in [5.74, 6) is -0.531. The van der Waals surface area contributed by atoms with Crippen LogP contribution in [0.1, 0.15) is 35.4 Å². The Balaban J connectivity index is 2.27. The number of benzene rings is 1. The molecule has 5 nitrogen and oxygen atoms in total. The minimum atomic E-state index is -0.988. The van der Waals surface area contributed by atoms with Gasteiger partial charge in [0.05, 0.1) is 6.10 Å². The molecule has 0 aromatic heterocycles. The number of hydrogen-bond acceptors (Lipinski definition) is 4. The first kappa shape index (κ1) is 13.0. The number of hydrogen-bond donors (Lipinski definition) is 3. The first-order valence-corrected chi connectivity index (χ1v) is 5.96. The van der Waals surface area contributed by atoms with Gasteiger partial charge in [0.15, 0.2) is 0 Å². The van der Waals surface area contributed by atoms with Crippen LogP contribution in [0.2, 0.25) is 0 Å². The molecule has 5 heteroatoms. The van der Waals surface area contributed by atoms with Gasteiger partial charge in [-0.3, -0.25) is 4.79 Å². The molecule has 18 heavy (non-hydrogen) atoms. The molecule has 2 rings (SSSR count). The average Bonchev–Trinajstić information content (AvgIpc) is 2.66. The number of rotatable bonds is 3. The van der Waals surface area contributed by atoms with Gasteiger partial charge in [-0.05, 0) is 24.1 Å². The van der Waals surface area contributed by atoms with E-state index in [1.807, 2.05) is 6.92 Å². The van der Waals surface area contributed by atoms with Crippen LogP contribution in [0.25, 0.3) is 0 Å². The zero-order chi connectivity index (χ0) is 13.3. The van der Waals surface area contributed by atoms with Gasteiger partial charge in [0.2, 0.25) is 5.91 Å². The molecular weight excluding hydrogens is 234 g/mol. The van der Waals surface area contributed by atoms with E-state index in [1.165, 1.54) is 0 Å². The molecule has 1 heterocycles. The second kappa shape index (κ2) is 5.06. The fraction of sp³-hybridized carbons (Fsp3) is 0.462. The summed E-state index contributed by atoms with van der Waals surface area (Å²) in [7, 11) is 0. The van der Waals surface area contributed by atoms with Crippen LogP contribution < -0.4 is 5.73 Å². The van der Waals surface area contributed by atoms with Crippen LogP contribution in [0.3, 0.4) is 0 Å². The topological polar surface area (TPSA) is 92.8 Å². The number of amides is 1. The van der Waals surface area contributed by atoms with Crippen LogP contribution in [0.15, 0.2) is 24.3 Å². The molecule has 1 unspecified atom stereocenters. The van der Waals surface area contributed by atoms with Gasteiger partial charge in [-0.25, -0.2) is 0 Å². The van der Waals surface area contributed by atoms with Gasteiger partial charge in [-0.1, -0.05) is 19.1 Å². The fourth-order valence-electron chi connectivity index (χ4n) is 2.23. The van der Waals surface area contributed by atoms with Crippen LogP contribution in [-0.4, -0.2) is 34.4 Å². The number of ether oxygens (including phenoxy) is 1. The molecule has 1 aromatic rings. The van der Waals surface area contributed by atoms with Gasteiger partial charge < -0.3 is 20.7 Å². The molecule has 1 aromatic carbocycles. The van der Waals surface area contributed by atoms with Gasteiger partial charge in [0.1, 0.15) is 18.3 Å². The number of aliphatic hydroxyl groups is 2. The lowest BCUT2D eigenvalue weighted by molar-refractivity contribution is 0.00555. The molecule has 4 atom stereocenters. The van der Waals surface area contributed by atoms with E-state index in [1.54, 1.807) is 24.3 Å². The Hall–Kier alpha value is -1.43. The summed E-state index contributed by atoms with van der Waals surface area (Å²) in [6.45, 7) is 1.88. The summed E-state index contributed by atoms with van der Waals surface area (Å²) < 4.78 is 5.60. The molecule has 1 saturated heterocycles. The summed E-state index contributed by atoms with van der Waals surface area (Å²) in [6.07, 6.45) is -2.29. The number of nitrogens with two attached hydrogens (primary N) is 1. The summed E-state index contributed by atoms with van der Waals surface area (Å²) in [4.78, 5) is 11.1. The van der Waals surface area contributed by atoms with Crippen LogP contribution in [0.4, 0.5) is 0 Å². The summed E-state index contributed by atoms with van der Waals surface area (Å²) in [6, 6.07) is 6.60. The largest absolute Gasteiger partial charge is 0.388 e. The van der Waals surface area contributed by atoms with E-state index >= 15 is 0 Å². The van der Waals surface area contributed by atoms with Gasteiger partial charge in [0, 0.05) is 5.56 Å². The molecule has 1 fully saturated rings. The Morgan fingerprint density at radius 1 is 1.39 bits per heavy atom. The van der Waals surface area contributed by atoms with Crippen molar-refractivity contribution < 1.29 is 19.7 Å². The molecule has 0 saturated carbocycles. The first-order chi connectivity index (χ1) is 8.54. The molecule has 0 aliphatic carbocycles. The molecule has 0 radical (unpaired) electrons. The highest BCUT2D eigenvalue weighted by Crippen LogP contribution is 2.34. The normalized spacial score (nSPS) is 31.5. The molecule has 0 spiro atoms. The highest BCUT2D eigenvalue weighted by molar-refractivity contribution is 5.92. The standard InChI is InChI=1S/C13H17NO4/c1-2-9-10(15)11(16)12(18-9)7-4-3-5-8(6-7)13(14)17/h3-6,9-12,15-16H,2H2,1H3,(H2,14,17)/t9-,10+,11?,12+/m1/s1. The summed E-state index contributed by atoms with van der Waals surface area (Å²) in [5, 5.41) is 19.8. The van der Waals surface area contributed by atoms with Crippen LogP contribution >= 0.6 is 0 Å². The van der Waals surface area contributed by atoms with E-state index in [0.29, 0.717) is 17.5 Å². The van der Waals surface area contributed by atoms with Crippen molar-refractivity contribution in [1.29, 1.82) is 0 Å². The predicted molar refractivity (Wildman–Crippen MR) is 64.9 cm³/mol. The van der Waals surface area contributed by atoms with Crippen molar-refractivity contribution in [1.82, 2.24) is 0 Å². The van der Waals surface area contributed by atoms with E-state index in [-0.39, 0.29) is 6.10 Å². The van der Waals surface area contributed by atoms with Crippen molar-refractivity contribution >= 4 is 5.91 Å². The predicted octanol–water partition coefficient (Wildman–Crippen LogP) is 0.357. The Morgan fingerprint density at radius 2 is 2.11 bits per heavy atom. The van der Waals surface area contributed by atoms with E-state index in [2.05, 4.69) is 0 Å². The fourth-order valence-corrected chi connectivity index (χ4v) is 2.23. The Labute approximate surface area is 105 Å². The van der Waals surface area contributed by atoms with Crippen molar-refractivity contribution in [3.8, 4) is 0 Å². The highest BCUT2D eigenvalue weighted by Gasteiger charge is 2.42. The van der Waals surface area contributed by atoms with Gasteiger partial charge >= 0.3 is 0 Å². The molecule has 1 amide bonds. The van der Waals surface area contributed by atoms with Crippen molar-refractivity contribution in [3.05, 3.63) is 35.4 Å². The van der Waals surface area contributed by atoms with E-state index in [9.17, 15) is 15.0 Å². The zero-order valence-electron chi connectivity index (χ0n) is 10.1. The Kier molecular flexibility index (Phi) is 3.65. The third-order valence-electron chi connectivity index (χ3n) is 3.26. The highest BCUT2D eigenvalue weighted by atomic mass is 16.5. The third kappa shape index (κ3) is 2.25. The van der Waals surface area contributed by atoms with Gasteiger partial charge in [-0.2, -0.15) is 0 Å². The number of aliphatic hydroxyl groups excluding tert-OH is 2. The Bertz CT molecular complexity index is 448. The minimum Gasteiger partial charge on any atom is -0.388 e. The molecule has 1 aliphatic rings. The van der Waals surface area contributed by atoms with Crippen LogP contribution in [-0.2, 0) is 4.74 Å². The monoisotopic (exact) mass is 251 g/mol. The molecule has 1 aliphatic heterocycles. The van der Waals surface area contributed by atoms with Crippen molar-refractivity contribution in [2.75, 3.05) is 0 Å². The van der Waals surface area contributed by atoms with Gasteiger partial charge in [-0.15, -0.1) is 0 Å². The minimum absolute atomic E-state index is 0.359. The lowest BCUT2D eigenvalue weighted by atomic mass is 9.99. The number of primary amides is 1. The summed E-state index contributed by atoms with van der Waals surface area (Å²) >= 11 is 0. The molecule has 0 bridgehead atoms. The second-order valence-electron chi connectivity index (χ2n) is 4.47. The van der Waals surface area contributed by atoms with E-state index in [4.69, 9.17) is 10.5 Å². The second-order valence-corrected chi connectivity index (χ2v) is 4.47. The number of carbonyl (C=O) groups excluding carboxylic acids is 1. The summed E-state index contributed by atoms with van der Waals surface area (Å²) in [5.41, 5.74) is 6.21. The van der Waals surface area contributed by atoms with Gasteiger partial charge in [0.25, 0.3) is 0 Å². The molecular formula is C13H17NO4. The smallest absolute Gasteiger partial charge is 0.248 e. The zero-order valence-corrected chi connectivity index (χ0v) is 10.1. The maximum atomic E-state index is 11.1. The SMILES string of the molecule is CC[C@H]1O[C@@H](c2cccc(C(N)=O)c2)C(O)[C@H]1O. The van der Waals surface area contributed by atoms with E-state index < -0.39 is 24.2 Å². The van der Waals surface area contributed by atoms with Crippen LogP contribution in [0, 0.1) is 0 Å². The van der Waals surface area contributed by atoms with Crippen molar-refractivity contribution in [2.45, 2.75) is 37.8 Å². The molecule has 4 N–H and O–H groups in total. The molecule has 98 valence electrons. The Morgan fingerprint density at radius 3 is 2.67 bits per heavy atom. The van der Waals surface area contributed by atoms with Crippen molar-refractivity contribution in [3.63, 3.8) is 0 Å². The quantitative estimate of drug-likeness (QED) is 0.723. The lowest BCUT2D eigenvalue weighted by Crippen LogP contribution is -2.30. The maximum absolute atomic E-state index is 11.1. The van der Waals surface area contributed by atoms with Crippen LogP contribution in [0.5, 0.6) is 0 Å². The maximum Gasteiger partial charge on any atom is 0.248 e. The van der Waals surface area contributed by atoms with E-state index in [0.717, 1.165) is 0 Å². The third-order valence-corrected chi connectivity index (χ3v) is 3.26.